The molecule has 0 aliphatic heterocycles. The Labute approximate surface area is 215 Å². The van der Waals surface area contributed by atoms with Crippen LogP contribution in [0.5, 0.6) is 11.5 Å². The lowest BCUT2D eigenvalue weighted by atomic mass is 9.91. The van der Waals surface area contributed by atoms with Crippen molar-refractivity contribution in [3.8, 4) is 11.5 Å². The molecule has 1 aliphatic rings. The molecular formula is C23H23F8N2O4S+. The van der Waals surface area contributed by atoms with Gasteiger partial charge in [0, 0.05) is 17.0 Å². The lowest BCUT2D eigenvalue weighted by Crippen LogP contribution is -2.73. The van der Waals surface area contributed by atoms with Gasteiger partial charge in [-0.1, -0.05) is 17.7 Å². The number of benzene rings is 1. The molecule has 1 atom stereocenters. The fourth-order valence-corrected chi connectivity index (χ4v) is 4.63. The topological polar surface area (TPSA) is 88.4 Å². The lowest BCUT2D eigenvalue weighted by Gasteiger charge is -2.30. The molecule has 6 nitrogen and oxygen atoms in total. The van der Waals surface area contributed by atoms with Gasteiger partial charge < -0.3 is 14.6 Å². The van der Waals surface area contributed by atoms with Crippen LogP contribution >= 0.6 is 11.3 Å². The molecule has 38 heavy (non-hydrogen) atoms. The summed E-state index contributed by atoms with van der Waals surface area (Å²) in [7, 11) is 0. The maximum atomic E-state index is 13.4. The quantitative estimate of drug-likeness (QED) is 0.186. The van der Waals surface area contributed by atoms with E-state index in [1.54, 1.807) is 13.0 Å². The second-order valence-corrected chi connectivity index (χ2v) is 9.54. The molecule has 2 aromatic rings. The van der Waals surface area contributed by atoms with Crippen molar-refractivity contribution < 1.29 is 60.4 Å². The molecule has 1 heterocycles. The Morgan fingerprint density at radius 1 is 1.16 bits per heavy atom. The largest absolute Gasteiger partial charge is 0.487 e. The van der Waals surface area contributed by atoms with E-state index in [1.165, 1.54) is 30.5 Å². The first-order chi connectivity index (χ1) is 17.7. The summed E-state index contributed by atoms with van der Waals surface area (Å²) >= 11 is 0.0292. The molecule has 0 amide bonds. The maximum Gasteiger partial charge on any atom is 0.433 e. The third-order valence-electron chi connectivity index (χ3n) is 5.51. The second-order valence-electron chi connectivity index (χ2n) is 8.48. The Balaban J connectivity index is 2.09. The van der Waals surface area contributed by atoms with Gasteiger partial charge in [-0.15, -0.1) is 11.3 Å². The average Bonchev–Trinajstić information content (AvgIpc) is 3.48. The molecule has 210 valence electrons. The van der Waals surface area contributed by atoms with Crippen LogP contribution in [0.3, 0.4) is 0 Å². The number of quaternary nitrogens is 1. The molecule has 1 fully saturated rings. The van der Waals surface area contributed by atoms with E-state index < -0.39 is 35.5 Å². The standard InChI is InChI=1S/C23H22F8N2O4S/c1-12(3-2-8-33-35)9-15(13-4-7-16(37-20(24)25)17(10-13)36-14-5-6-14)18-11-32-19(38-18)21(34,22(26,27)28)23(29,30)31/h2-4,7-8,10-11,14-15,20,33-35H,5-6,9H2,1H3/p+1/b8-2-,12-3+. The van der Waals surface area contributed by atoms with E-state index in [-0.39, 0.29) is 40.2 Å². The lowest BCUT2D eigenvalue weighted by molar-refractivity contribution is -0.838. The maximum absolute atomic E-state index is 13.4. The van der Waals surface area contributed by atoms with Gasteiger partial charge >= 0.3 is 24.6 Å². The van der Waals surface area contributed by atoms with Gasteiger partial charge in [-0.25, -0.2) is 10.2 Å². The number of allylic oxidation sites excluding steroid dienone is 3. The first kappa shape index (κ1) is 29.8. The number of ether oxygens (including phenoxy) is 2. The summed E-state index contributed by atoms with van der Waals surface area (Å²) in [5, 5.41) is 16.9. The fourth-order valence-electron chi connectivity index (χ4n) is 3.45. The molecule has 3 rings (SSSR count). The molecule has 15 heteroatoms. The highest BCUT2D eigenvalue weighted by Gasteiger charge is 2.73. The van der Waals surface area contributed by atoms with Crippen LogP contribution in [-0.4, -0.2) is 40.4 Å². The summed E-state index contributed by atoms with van der Waals surface area (Å²) in [6, 6.07) is 3.85. The Bertz CT molecular complexity index is 1150. The van der Waals surface area contributed by atoms with Crippen molar-refractivity contribution in [2.24, 2.45) is 0 Å². The zero-order valence-electron chi connectivity index (χ0n) is 19.6. The van der Waals surface area contributed by atoms with Crippen molar-refractivity contribution in [3.63, 3.8) is 0 Å². The number of hydroxylamine groups is 1. The number of nitrogens with two attached hydrogens (primary N) is 1. The number of hydrogen-bond acceptors (Lipinski definition) is 6. The van der Waals surface area contributed by atoms with Crippen molar-refractivity contribution >= 4 is 11.3 Å². The van der Waals surface area contributed by atoms with Crippen molar-refractivity contribution in [3.05, 3.63) is 63.8 Å². The van der Waals surface area contributed by atoms with Crippen molar-refractivity contribution in [2.75, 3.05) is 0 Å². The number of rotatable bonds is 11. The van der Waals surface area contributed by atoms with Crippen molar-refractivity contribution in [1.82, 2.24) is 4.98 Å². The Kier molecular flexibility index (Phi) is 9.06. The number of hydrogen-bond donors (Lipinski definition) is 3. The number of thiazole rings is 1. The third kappa shape index (κ3) is 6.81. The van der Waals surface area contributed by atoms with E-state index >= 15 is 0 Å². The van der Waals surface area contributed by atoms with Crippen LogP contribution < -0.4 is 15.0 Å². The SMILES string of the molecule is C/C(=C\C=C/[NH2+]O)CC(c1ccc(OC(F)F)c(OC2CC2)c1)c1cnc(C(O)(C(F)(F)F)C(F)(F)F)s1. The van der Waals surface area contributed by atoms with Gasteiger partial charge in [0.25, 0.3) is 0 Å². The Hall–Kier alpha value is -2.75. The van der Waals surface area contributed by atoms with E-state index in [1.807, 2.05) is 0 Å². The van der Waals surface area contributed by atoms with E-state index in [4.69, 9.17) is 9.94 Å². The van der Waals surface area contributed by atoms with E-state index in [9.17, 15) is 40.2 Å². The predicted molar refractivity (Wildman–Crippen MR) is 118 cm³/mol. The van der Waals surface area contributed by atoms with Crippen LogP contribution in [0.15, 0.2) is 48.3 Å². The van der Waals surface area contributed by atoms with Crippen LogP contribution in [0, 0.1) is 0 Å². The number of alkyl halides is 8. The van der Waals surface area contributed by atoms with E-state index in [2.05, 4.69) is 9.72 Å². The number of aliphatic hydroxyl groups is 1. The predicted octanol–water partition coefficient (Wildman–Crippen LogP) is 5.53. The summed E-state index contributed by atoms with van der Waals surface area (Å²) in [5.74, 6) is -1.24. The number of nitrogens with zero attached hydrogens (tertiary/aromatic N) is 1. The summed E-state index contributed by atoms with van der Waals surface area (Å²) < 4.78 is 116. The number of aromatic nitrogens is 1. The molecule has 1 unspecified atom stereocenters. The van der Waals surface area contributed by atoms with Gasteiger partial charge in [0.05, 0.1) is 6.10 Å². The van der Waals surface area contributed by atoms with Crippen molar-refractivity contribution in [2.45, 2.75) is 62.8 Å². The van der Waals surface area contributed by atoms with E-state index in [0.717, 1.165) is 11.7 Å². The zero-order valence-corrected chi connectivity index (χ0v) is 20.4. The van der Waals surface area contributed by atoms with Crippen LogP contribution in [0.1, 0.15) is 47.6 Å². The van der Waals surface area contributed by atoms with Gasteiger partial charge in [0.1, 0.15) is 11.2 Å². The minimum atomic E-state index is -6.10. The van der Waals surface area contributed by atoms with Crippen molar-refractivity contribution in [1.29, 1.82) is 0 Å². The normalized spacial score (nSPS) is 16.4. The van der Waals surface area contributed by atoms with Gasteiger partial charge in [-0.2, -0.15) is 40.6 Å². The van der Waals surface area contributed by atoms with Gasteiger partial charge in [-0.3, -0.25) is 0 Å². The number of halogens is 8. The minimum absolute atomic E-state index is 0.0292. The van der Waals surface area contributed by atoms with Crippen LogP contribution in [0.25, 0.3) is 0 Å². The molecule has 4 N–H and O–H groups in total. The minimum Gasteiger partial charge on any atom is -0.487 e. The molecule has 0 radical (unpaired) electrons. The summed E-state index contributed by atoms with van der Waals surface area (Å²) in [6.07, 6.45) is -5.95. The smallest absolute Gasteiger partial charge is 0.433 e. The molecule has 1 aromatic heterocycles. The monoisotopic (exact) mass is 575 g/mol. The van der Waals surface area contributed by atoms with Gasteiger partial charge in [0.15, 0.2) is 11.5 Å². The Morgan fingerprint density at radius 3 is 2.37 bits per heavy atom. The molecule has 1 aromatic carbocycles. The summed E-state index contributed by atoms with van der Waals surface area (Å²) in [4.78, 5) is 3.23. The first-order valence-corrected chi connectivity index (χ1v) is 11.9. The van der Waals surface area contributed by atoms with E-state index in [0.29, 0.717) is 24.0 Å². The highest BCUT2D eigenvalue weighted by atomic mass is 32.1. The highest BCUT2D eigenvalue weighted by molar-refractivity contribution is 7.11. The molecule has 0 saturated heterocycles. The van der Waals surface area contributed by atoms with Gasteiger partial charge in [0.2, 0.25) is 0 Å². The van der Waals surface area contributed by atoms with Crippen LogP contribution in [0.4, 0.5) is 35.1 Å². The first-order valence-electron chi connectivity index (χ1n) is 11.0. The average molecular weight is 575 g/mol. The third-order valence-corrected chi connectivity index (χ3v) is 6.73. The van der Waals surface area contributed by atoms with Gasteiger partial charge in [-0.05, 0) is 50.0 Å². The zero-order chi connectivity index (χ0) is 28.3. The molecular weight excluding hydrogens is 552 g/mol. The van der Waals surface area contributed by atoms with Crippen LogP contribution in [0.2, 0.25) is 0 Å². The fraction of sp³-hybridized carbons (Fsp3) is 0.435. The second kappa shape index (κ2) is 11.6. The molecule has 1 saturated carbocycles. The van der Waals surface area contributed by atoms with Crippen LogP contribution in [-0.2, 0) is 5.60 Å². The highest BCUT2D eigenvalue weighted by Crippen LogP contribution is 2.52. The summed E-state index contributed by atoms with van der Waals surface area (Å²) in [6.45, 7) is -1.53. The molecule has 0 spiro atoms. The summed E-state index contributed by atoms with van der Waals surface area (Å²) in [5.41, 5.74) is -3.52. The Morgan fingerprint density at radius 2 is 1.82 bits per heavy atom. The molecule has 1 aliphatic carbocycles. The molecule has 0 bridgehead atoms.